The number of nitrogens with one attached hydrogen (secondary N) is 1. The SMILES string of the molecule is Cc1cc(C2C(c3ccccn3)NC(=S)N2Cc2ccncc2)c(C)n1-c1cccc(C(F)(F)F)c1. The van der Waals surface area contributed by atoms with E-state index in [4.69, 9.17) is 12.2 Å². The predicted molar refractivity (Wildman–Crippen MR) is 135 cm³/mol. The molecular weight excluding hydrogens is 483 g/mol. The molecule has 1 fully saturated rings. The monoisotopic (exact) mass is 507 g/mol. The van der Waals surface area contributed by atoms with Gasteiger partial charge in [-0.2, -0.15) is 13.2 Å². The van der Waals surface area contributed by atoms with Gasteiger partial charge in [-0.15, -0.1) is 0 Å². The summed E-state index contributed by atoms with van der Waals surface area (Å²) in [7, 11) is 0. The largest absolute Gasteiger partial charge is 0.416 e. The fraction of sp³-hybridized carbons (Fsp3) is 0.222. The number of halogens is 3. The third-order valence-electron chi connectivity index (χ3n) is 6.52. The van der Waals surface area contributed by atoms with Crippen molar-refractivity contribution < 1.29 is 13.2 Å². The van der Waals surface area contributed by atoms with Crippen LogP contribution in [-0.4, -0.2) is 24.5 Å². The Morgan fingerprint density at radius 2 is 1.75 bits per heavy atom. The molecule has 3 aromatic heterocycles. The van der Waals surface area contributed by atoms with Crippen molar-refractivity contribution in [2.45, 2.75) is 38.7 Å². The average molecular weight is 508 g/mol. The number of thiocarbonyl (C=S) groups is 1. The number of hydrogen-bond donors (Lipinski definition) is 1. The van der Waals surface area contributed by atoms with Crippen LogP contribution < -0.4 is 5.32 Å². The Kier molecular flexibility index (Phi) is 6.26. The van der Waals surface area contributed by atoms with Crippen LogP contribution in [0, 0.1) is 13.8 Å². The molecule has 184 valence electrons. The summed E-state index contributed by atoms with van der Waals surface area (Å²) in [5.74, 6) is 0. The lowest BCUT2D eigenvalue weighted by atomic mass is 9.96. The van der Waals surface area contributed by atoms with Crippen molar-refractivity contribution in [2.75, 3.05) is 0 Å². The van der Waals surface area contributed by atoms with Gasteiger partial charge in [-0.25, -0.2) is 0 Å². The van der Waals surface area contributed by atoms with Gasteiger partial charge in [0.05, 0.1) is 23.3 Å². The second-order valence-electron chi connectivity index (χ2n) is 8.82. The van der Waals surface area contributed by atoms with Crippen LogP contribution in [0.2, 0.25) is 0 Å². The summed E-state index contributed by atoms with van der Waals surface area (Å²) in [6.45, 7) is 4.39. The minimum Gasteiger partial charge on any atom is -0.352 e. The van der Waals surface area contributed by atoms with Crippen LogP contribution in [0.15, 0.2) is 79.3 Å². The van der Waals surface area contributed by atoms with Gasteiger partial charge in [0.15, 0.2) is 5.11 Å². The zero-order valence-corrected chi connectivity index (χ0v) is 20.5. The molecule has 2 unspecified atom stereocenters. The Hall–Kier alpha value is -3.72. The minimum atomic E-state index is -4.42. The topological polar surface area (TPSA) is 46.0 Å². The van der Waals surface area contributed by atoms with Gasteiger partial charge in [-0.05, 0) is 85.7 Å². The molecule has 1 aromatic carbocycles. The summed E-state index contributed by atoms with van der Waals surface area (Å²) >= 11 is 5.77. The first kappa shape index (κ1) is 24.0. The molecule has 0 amide bonds. The van der Waals surface area contributed by atoms with E-state index in [1.807, 2.05) is 54.8 Å². The van der Waals surface area contributed by atoms with Crippen LogP contribution in [0.4, 0.5) is 13.2 Å². The van der Waals surface area contributed by atoms with E-state index < -0.39 is 11.7 Å². The summed E-state index contributed by atoms with van der Waals surface area (Å²) in [5.41, 5.74) is 4.34. The highest BCUT2D eigenvalue weighted by molar-refractivity contribution is 7.80. The van der Waals surface area contributed by atoms with Gasteiger partial charge in [0.2, 0.25) is 0 Å². The fourth-order valence-electron chi connectivity index (χ4n) is 4.90. The normalized spacial score (nSPS) is 17.9. The lowest BCUT2D eigenvalue weighted by Crippen LogP contribution is -2.29. The number of aryl methyl sites for hydroxylation is 1. The van der Waals surface area contributed by atoms with Crippen LogP contribution >= 0.6 is 12.2 Å². The van der Waals surface area contributed by atoms with E-state index in [2.05, 4.69) is 20.2 Å². The van der Waals surface area contributed by atoms with Crippen molar-refractivity contribution in [1.29, 1.82) is 0 Å². The molecular formula is C27H24F3N5S. The highest BCUT2D eigenvalue weighted by atomic mass is 32.1. The van der Waals surface area contributed by atoms with Crippen molar-refractivity contribution in [3.63, 3.8) is 0 Å². The first-order valence-corrected chi connectivity index (χ1v) is 11.9. The lowest BCUT2D eigenvalue weighted by molar-refractivity contribution is -0.137. The fourth-order valence-corrected chi connectivity index (χ4v) is 5.21. The average Bonchev–Trinajstić information content (AvgIpc) is 3.34. The Balaban J connectivity index is 1.62. The molecule has 5 rings (SSSR count). The second kappa shape index (κ2) is 9.39. The highest BCUT2D eigenvalue weighted by Crippen LogP contribution is 2.42. The van der Waals surface area contributed by atoms with Gasteiger partial charge < -0.3 is 14.8 Å². The number of alkyl halides is 3. The minimum absolute atomic E-state index is 0.216. The van der Waals surface area contributed by atoms with E-state index in [1.165, 1.54) is 12.1 Å². The van der Waals surface area contributed by atoms with Gasteiger partial charge in [0, 0.05) is 42.2 Å². The molecule has 0 aliphatic carbocycles. The Labute approximate surface area is 212 Å². The first-order chi connectivity index (χ1) is 17.2. The molecule has 5 nitrogen and oxygen atoms in total. The van der Waals surface area contributed by atoms with E-state index >= 15 is 0 Å². The van der Waals surface area contributed by atoms with Crippen molar-refractivity contribution in [1.82, 2.24) is 24.8 Å². The first-order valence-electron chi connectivity index (χ1n) is 11.5. The molecule has 2 atom stereocenters. The molecule has 4 aromatic rings. The Morgan fingerprint density at radius 1 is 0.972 bits per heavy atom. The second-order valence-corrected chi connectivity index (χ2v) is 9.21. The van der Waals surface area contributed by atoms with Crippen LogP contribution in [0.25, 0.3) is 5.69 Å². The molecule has 1 aliphatic rings. The van der Waals surface area contributed by atoms with Gasteiger partial charge in [0.1, 0.15) is 0 Å². The number of nitrogens with zero attached hydrogens (tertiary/aromatic N) is 4. The summed E-state index contributed by atoms with van der Waals surface area (Å²) in [5, 5.41) is 4.03. The van der Waals surface area contributed by atoms with E-state index in [1.54, 1.807) is 24.7 Å². The molecule has 1 aliphatic heterocycles. The third kappa shape index (κ3) is 4.46. The van der Waals surface area contributed by atoms with Crippen LogP contribution in [0.1, 0.15) is 45.9 Å². The lowest BCUT2D eigenvalue weighted by Gasteiger charge is -2.28. The summed E-state index contributed by atoms with van der Waals surface area (Å²) in [6, 6.07) is 16.6. The molecule has 1 saturated heterocycles. The van der Waals surface area contributed by atoms with Crippen molar-refractivity contribution in [3.05, 3.63) is 113 Å². The Bertz CT molecular complexity index is 1390. The quantitative estimate of drug-likeness (QED) is 0.332. The molecule has 0 radical (unpaired) electrons. The molecule has 36 heavy (non-hydrogen) atoms. The zero-order chi connectivity index (χ0) is 25.4. The molecule has 4 heterocycles. The zero-order valence-electron chi connectivity index (χ0n) is 19.7. The summed E-state index contributed by atoms with van der Waals surface area (Å²) in [4.78, 5) is 10.8. The number of pyridine rings is 2. The van der Waals surface area contributed by atoms with Gasteiger partial charge in [-0.3, -0.25) is 9.97 Å². The third-order valence-corrected chi connectivity index (χ3v) is 6.87. The van der Waals surface area contributed by atoms with Gasteiger partial charge in [-0.1, -0.05) is 12.1 Å². The van der Waals surface area contributed by atoms with Crippen molar-refractivity contribution in [2.24, 2.45) is 0 Å². The van der Waals surface area contributed by atoms with E-state index in [9.17, 15) is 13.2 Å². The van der Waals surface area contributed by atoms with Crippen molar-refractivity contribution >= 4 is 17.3 Å². The number of hydrogen-bond acceptors (Lipinski definition) is 3. The van der Waals surface area contributed by atoms with Crippen LogP contribution in [-0.2, 0) is 12.7 Å². The maximum Gasteiger partial charge on any atom is 0.416 e. The van der Waals surface area contributed by atoms with Gasteiger partial charge >= 0.3 is 6.18 Å². The van der Waals surface area contributed by atoms with E-state index in [0.29, 0.717) is 17.3 Å². The predicted octanol–water partition coefficient (Wildman–Crippen LogP) is 6.08. The molecule has 1 N–H and O–H groups in total. The maximum absolute atomic E-state index is 13.4. The van der Waals surface area contributed by atoms with Gasteiger partial charge in [0.25, 0.3) is 0 Å². The van der Waals surface area contributed by atoms with Crippen molar-refractivity contribution in [3.8, 4) is 5.69 Å². The number of aromatic nitrogens is 3. The smallest absolute Gasteiger partial charge is 0.352 e. The molecule has 0 saturated carbocycles. The van der Waals surface area contributed by atoms with E-state index in [0.717, 1.165) is 34.3 Å². The Morgan fingerprint density at radius 3 is 2.44 bits per heavy atom. The van der Waals surface area contributed by atoms with E-state index in [-0.39, 0.29) is 12.1 Å². The summed E-state index contributed by atoms with van der Waals surface area (Å²) < 4.78 is 42.1. The maximum atomic E-state index is 13.4. The highest BCUT2D eigenvalue weighted by Gasteiger charge is 2.41. The number of benzene rings is 1. The summed E-state index contributed by atoms with van der Waals surface area (Å²) in [6.07, 6.45) is 0.814. The molecule has 0 spiro atoms. The van der Waals surface area contributed by atoms with Crippen LogP contribution in [0.5, 0.6) is 0 Å². The number of rotatable bonds is 5. The molecule has 0 bridgehead atoms. The van der Waals surface area contributed by atoms with Crippen LogP contribution in [0.3, 0.4) is 0 Å². The molecule has 9 heteroatoms. The standard InChI is InChI=1S/C27H24F3N5S/c1-17-14-22(18(2)35(17)21-7-5-6-20(15-21)27(28,29)30)25-24(23-8-3-4-11-32-23)33-26(36)34(25)16-19-9-12-31-13-10-19/h3-15,24-25H,16H2,1-2H3,(H,33,36).